The summed E-state index contributed by atoms with van der Waals surface area (Å²) in [6.07, 6.45) is 0. The Morgan fingerprint density at radius 3 is 2.62 bits per heavy atom. The Labute approximate surface area is 154 Å². The first-order valence-corrected chi connectivity index (χ1v) is 10.9. The smallest absolute Gasteiger partial charge is 0.164 e. The number of sulfone groups is 1. The van der Waals surface area contributed by atoms with E-state index in [1.165, 1.54) is 23.9 Å². The van der Waals surface area contributed by atoms with Gasteiger partial charge in [0.25, 0.3) is 0 Å². The fourth-order valence-corrected chi connectivity index (χ4v) is 6.23. The van der Waals surface area contributed by atoms with E-state index in [0.717, 1.165) is 11.6 Å². The summed E-state index contributed by atoms with van der Waals surface area (Å²) in [5.74, 6) is -0.871. The molecule has 2 heterocycles. The van der Waals surface area contributed by atoms with Crippen molar-refractivity contribution in [3.8, 4) is 0 Å². The number of hydrogen-bond donors (Lipinski definition) is 0. The highest BCUT2D eigenvalue weighted by molar-refractivity contribution is 8.13. The number of benzene rings is 2. The van der Waals surface area contributed by atoms with Crippen LogP contribution in [0, 0.1) is 11.6 Å². The molecule has 2 unspecified atom stereocenters. The zero-order chi connectivity index (χ0) is 18.3. The lowest BCUT2D eigenvalue weighted by atomic mass is 10.1. The van der Waals surface area contributed by atoms with E-state index in [4.69, 9.17) is 0 Å². The molecule has 1 fully saturated rings. The molecule has 2 atom stereocenters. The van der Waals surface area contributed by atoms with Gasteiger partial charge in [-0.15, -0.1) is 0 Å². The Kier molecular flexibility index (Phi) is 4.48. The summed E-state index contributed by atoms with van der Waals surface area (Å²) in [6.45, 7) is 0. The highest BCUT2D eigenvalue weighted by Crippen LogP contribution is 2.37. The lowest BCUT2D eigenvalue weighted by Gasteiger charge is -2.26. The largest absolute Gasteiger partial charge is 0.312 e. The van der Waals surface area contributed by atoms with Gasteiger partial charge in [0.2, 0.25) is 0 Å². The van der Waals surface area contributed by atoms with Crippen LogP contribution in [0.1, 0.15) is 5.56 Å². The van der Waals surface area contributed by atoms with Gasteiger partial charge in [0.15, 0.2) is 15.0 Å². The Morgan fingerprint density at radius 2 is 1.88 bits per heavy atom. The van der Waals surface area contributed by atoms with Gasteiger partial charge in [-0.1, -0.05) is 42.1 Å². The van der Waals surface area contributed by atoms with Crippen LogP contribution in [0.15, 0.2) is 53.5 Å². The molecule has 8 heteroatoms. The second-order valence-corrected chi connectivity index (χ2v) is 9.46. The average molecular weight is 394 g/mol. The number of amidine groups is 1. The van der Waals surface area contributed by atoms with Gasteiger partial charge in [-0.3, -0.25) is 4.99 Å². The van der Waals surface area contributed by atoms with E-state index >= 15 is 0 Å². The van der Waals surface area contributed by atoms with Gasteiger partial charge in [-0.05, 0) is 17.7 Å². The van der Waals surface area contributed by atoms with Gasteiger partial charge in [0.1, 0.15) is 11.6 Å². The van der Waals surface area contributed by atoms with E-state index in [-0.39, 0.29) is 17.2 Å². The van der Waals surface area contributed by atoms with E-state index in [1.807, 2.05) is 30.3 Å². The second kappa shape index (κ2) is 6.66. The average Bonchev–Trinajstić information content (AvgIpc) is 3.06. The minimum Gasteiger partial charge on any atom is -0.312 e. The number of thioether (sulfide) groups is 1. The van der Waals surface area contributed by atoms with Crippen molar-refractivity contribution in [1.82, 2.24) is 0 Å². The minimum atomic E-state index is -3.21. The summed E-state index contributed by atoms with van der Waals surface area (Å²) in [5.41, 5.74) is 1.25. The third-order valence-electron chi connectivity index (χ3n) is 4.49. The molecule has 0 N–H and O–H groups in total. The van der Waals surface area contributed by atoms with E-state index in [0.29, 0.717) is 10.9 Å². The number of anilines is 1. The van der Waals surface area contributed by atoms with E-state index in [1.54, 1.807) is 4.90 Å². The van der Waals surface area contributed by atoms with Crippen LogP contribution in [0.2, 0.25) is 0 Å². The molecule has 0 bridgehead atoms. The van der Waals surface area contributed by atoms with E-state index in [9.17, 15) is 17.2 Å². The molecule has 26 heavy (non-hydrogen) atoms. The van der Waals surface area contributed by atoms with Crippen molar-refractivity contribution in [3.63, 3.8) is 0 Å². The molecule has 2 aliphatic heterocycles. The second-order valence-electron chi connectivity index (χ2n) is 6.36. The van der Waals surface area contributed by atoms with Crippen molar-refractivity contribution in [2.45, 2.75) is 17.8 Å². The molecule has 0 saturated carbocycles. The maximum absolute atomic E-state index is 14.4. The quantitative estimate of drug-likeness (QED) is 0.802. The van der Waals surface area contributed by atoms with Crippen molar-refractivity contribution in [1.29, 1.82) is 0 Å². The Morgan fingerprint density at radius 1 is 1.12 bits per heavy atom. The van der Waals surface area contributed by atoms with E-state index < -0.39 is 33.6 Å². The molecule has 2 aliphatic rings. The van der Waals surface area contributed by atoms with Gasteiger partial charge < -0.3 is 4.90 Å². The molecule has 0 radical (unpaired) electrons. The maximum Gasteiger partial charge on any atom is 0.164 e. The van der Waals surface area contributed by atoms with Gasteiger partial charge in [0, 0.05) is 11.8 Å². The predicted octanol–water partition coefficient (Wildman–Crippen LogP) is 3.24. The van der Waals surface area contributed by atoms with Crippen molar-refractivity contribution in [2.24, 2.45) is 4.99 Å². The molecule has 1 saturated heterocycles. The third-order valence-corrected chi connectivity index (χ3v) is 7.22. The number of hydrogen-bond acceptors (Lipinski definition) is 5. The Balaban J connectivity index is 1.66. The van der Waals surface area contributed by atoms with Crippen molar-refractivity contribution >= 4 is 32.5 Å². The lowest BCUT2D eigenvalue weighted by molar-refractivity contribution is 0.577. The fourth-order valence-electron chi connectivity index (χ4n) is 3.31. The van der Waals surface area contributed by atoms with Gasteiger partial charge in [0.05, 0.1) is 29.3 Å². The first-order valence-electron chi connectivity index (χ1n) is 8.12. The summed E-state index contributed by atoms with van der Waals surface area (Å²) in [4.78, 5) is 6.17. The van der Waals surface area contributed by atoms with Crippen molar-refractivity contribution in [2.75, 3.05) is 16.4 Å². The summed E-state index contributed by atoms with van der Waals surface area (Å²) in [7, 11) is -3.21. The summed E-state index contributed by atoms with van der Waals surface area (Å²) < 4.78 is 51.7. The van der Waals surface area contributed by atoms with Crippen LogP contribution in [0.25, 0.3) is 0 Å². The summed E-state index contributed by atoms with van der Waals surface area (Å²) in [5, 5.41) is 0.573. The zero-order valence-corrected chi connectivity index (χ0v) is 15.3. The molecule has 0 amide bonds. The first-order chi connectivity index (χ1) is 12.4. The van der Waals surface area contributed by atoms with Crippen molar-refractivity contribution in [3.05, 3.63) is 65.7 Å². The number of nitrogens with zero attached hydrogens (tertiary/aromatic N) is 2. The molecular weight excluding hydrogens is 378 g/mol. The standard InChI is InChI=1S/C18H16F2N2O2S2/c19-13-6-7-16(14(20)8-13)22-17-11-26(23,24)10-15(17)21-18(22)25-9-12-4-2-1-3-5-12/h1-8,15,17H,9-11H2. The Bertz CT molecular complexity index is 964. The summed E-state index contributed by atoms with van der Waals surface area (Å²) in [6, 6.07) is 12.2. The molecule has 0 aromatic heterocycles. The van der Waals surface area contributed by atoms with Crippen LogP contribution >= 0.6 is 11.8 Å². The summed E-state index contributed by atoms with van der Waals surface area (Å²) >= 11 is 1.43. The van der Waals surface area contributed by atoms with Crippen LogP contribution in [0.5, 0.6) is 0 Å². The topological polar surface area (TPSA) is 49.7 Å². The predicted molar refractivity (Wildman–Crippen MR) is 100 cm³/mol. The van der Waals surface area contributed by atoms with Gasteiger partial charge in [-0.2, -0.15) is 0 Å². The first kappa shape index (κ1) is 17.5. The molecule has 0 aliphatic carbocycles. The highest BCUT2D eigenvalue weighted by Gasteiger charge is 2.47. The molecule has 2 aromatic rings. The maximum atomic E-state index is 14.4. The molecule has 4 rings (SSSR count). The number of aliphatic imine (C=N–C) groups is 1. The van der Waals surface area contributed by atoms with Crippen LogP contribution in [0.3, 0.4) is 0 Å². The number of fused-ring (bicyclic) bond motifs is 1. The van der Waals surface area contributed by atoms with Crippen LogP contribution < -0.4 is 4.90 Å². The SMILES string of the molecule is O=S1(=O)CC2N=C(SCc3ccccc3)N(c3ccc(F)cc3F)C2C1. The minimum absolute atomic E-state index is 0.0353. The number of rotatable bonds is 3. The molecule has 136 valence electrons. The van der Waals surface area contributed by atoms with Crippen LogP contribution in [0.4, 0.5) is 14.5 Å². The van der Waals surface area contributed by atoms with Gasteiger partial charge in [-0.25, -0.2) is 17.2 Å². The molecule has 0 spiro atoms. The molecule has 2 aromatic carbocycles. The fraction of sp³-hybridized carbons (Fsp3) is 0.278. The lowest BCUT2D eigenvalue weighted by Crippen LogP contribution is -2.39. The highest BCUT2D eigenvalue weighted by atomic mass is 32.2. The van der Waals surface area contributed by atoms with Crippen molar-refractivity contribution < 1.29 is 17.2 Å². The van der Waals surface area contributed by atoms with Crippen LogP contribution in [-0.2, 0) is 15.6 Å². The molecule has 4 nitrogen and oxygen atoms in total. The molecular formula is C18H16F2N2O2S2. The van der Waals surface area contributed by atoms with E-state index in [2.05, 4.69) is 4.99 Å². The number of halogens is 2. The third kappa shape index (κ3) is 3.35. The van der Waals surface area contributed by atoms with Crippen LogP contribution in [-0.4, -0.2) is 37.2 Å². The normalized spacial score (nSPS) is 23.8. The zero-order valence-electron chi connectivity index (χ0n) is 13.7. The Hall–Kier alpha value is -1.93. The van der Waals surface area contributed by atoms with Gasteiger partial charge >= 0.3 is 0 Å². The monoisotopic (exact) mass is 394 g/mol.